The molecule has 112 valence electrons. The Hall–Kier alpha value is -1.46. The number of anilines is 1. The lowest BCUT2D eigenvalue weighted by atomic mass is 10.0. The number of aliphatic imine (C=N–C) groups is 1. The number of aryl methyl sites for hydroxylation is 2. The van der Waals surface area contributed by atoms with Crippen molar-refractivity contribution in [1.82, 2.24) is 0 Å². The van der Waals surface area contributed by atoms with Crippen LogP contribution < -0.4 is 5.32 Å². The van der Waals surface area contributed by atoms with Gasteiger partial charge in [-0.1, -0.05) is 38.8 Å². The van der Waals surface area contributed by atoms with Crippen molar-refractivity contribution in [1.29, 1.82) is 0 Å². The van der Waals surface area contributed by atoms with Gasteiger partial charge in [0.1, 0.15) is 5.71 Å². The van der Waals surface area contributed by atoms with Crippen LogP contribution in [-0.2, 0) is 11.2 Å². The van der Waals surface area contributed by atoms with Gasteiger partial charge < -0.3 is 5.32 Å². The maximum absolute atomic E-state index is 12.3. The highest BCUT2D eigenvalue weighted by molar-refractivity contribution is 9.10. The third-order valence-corrected chi connectivity index (χ3v) is 4.62. The molecule has 0 unspecified atom stereocenters. The van der Waals surface area contributed by atoms with Gasteiger partial charge in [0.15, 0.2) is 0 Å². The van der Waals surface area contributed by atoms with E-state index in [0.717, 1.165) is 43.4 Å². The zero-order valence-electron chi connectivity index (χ0n) is 12.2. The second-order valence-corrected chi connectivity index (χ2v) is 7.02. The first-order valence-corrected chi connectivity index (χ1v) is 8.57. The number of carbonyl (C=O) groups is 1. The SMILES string of the molecule is CCc1cc(Br)cc2c1NC(=O)C2=Nc1ccc(Br)cc1C. The van der Waals surface area contributed by atoms with Crippen LogP contribution in [0.5, 0.6) is 0 Å². The standard InChI is InChI=1S/C17H14Br2N2O/c1-3-10-7-12(19)8-13-15(10)21-17(22)16(13)20-14-5-4-11(18)6-9(14)2/h4-8H,3H2,1-2H3,(H,20,21,22). The summed E-state index contributed by atoms with van der Waals surface area (Å²) in [6.07, 6.45) is 0.854. The molecule has 3 nitrogen and oxygen atoms in total. The van der Waals surface area contributed by atoms with E-state index in [-0.39, 0.29) is 5.91 Å². The van der Waals surface area contributed by atoms with Gasteiger partial charge in [0.25, 0.3) is 5.91 Å². The lowest BCUT2D eigenvalue weighted by molar-refractivity contribution is -0.110. The predicted octanol–water partition coefficient (Wildman–Crippen LogP) is 5.16. The molecule has 0 saturated heterocycles. The summed E-state index contributed by atoms with van der Waals surface area (Å²) in [5.74, 6) is -0.148. The van der Waals surface area contributed by atoms with Crippen molar-refractivity contribution < 1.29 is 4.79 Å². The number of fused-ring (bicyclic) bond motifs is 1. The summed E-state index contributed by atoms with van der Waals surface area (Å²) in [5, 5.41) is 2.95. The zero-order valence-corrected chi connectivity index (χ0v) is 15.4. The molecule has 0 atom stereocenters. The summed E-state index contributed by atoms with van der Waals surface area (Å²) in [7, 11) is 0. The summed E-state index contributed by atoms with van der Waals surface area (Å²) in [6, 6.07) is 9.81. The van der Waals surface area contributed by atoms with E-state index in [2.05, 4.69) is 49.1 Å². The Balaban J connectivity index is 2.16. The van der Waals surface area contributed by atoms with Crippen LogP contribution in [0.4, 0.5) is 11.4 Å². The molecule has 22 heavy (non-hydrogen) atoms. The summed E-state index contributed by atoms with van der Waals surface area (Å²) in [5.41, 5.74) is 5.14. The number of halogens is 2. The van der Waals surface area contributed by atoms with Crippen molar-refractivity contribution in [2.45, 2.75) is 20.3 Å². The molecule has 5 heteroatoms. The van der Waals surface area contributed by atoms with E-state index >= 15 is 0 Å². The van der Waals surface area contributed by atoms with Crippen LogP contribution in [0.3, 0.4) is 0 Å². The minimum absolute atomic E-state index is 0.148. The number of nitrogens with zero attached hydrogens (tertiary/aromatic N) is 1. The topological polar surface area (TPSA) is 41.5 Å². The van der Waals surface area contributed by atoms with Crippen molar-refractivity contribution >= 4 is 54.9 Å². The summed E-state index contributed by atoms with van der Waals surface area (Å²) < 4.78 is 1.96. The van der Waals surface area contributed by atoms with Crippen molar-refractivity contribution in [3.63, 3.8) is 0 Å². The molecule has 0 saturated carbocycles. The molecule has 1 heterocycles. The molecule has 0 bridgehead atoms. The van der Waals surface area contributed by atoms with Crippen molar-refractivity contribution in [3.8, 4) is 0 Å². The maximum Gasteiger partial charge on any atom is 0.275 e. The summed E-state index contributed by atoms with van der Waals surface area (Å²) >= 11 is 6.95. The fraction of sp³-hybridized carbons (Fsp3) is 0.176. The quantitative estimate of drug-likeness (QED) is 0.715. The highest BCUT2D eigenvalue weighted by Gasteiger charge is 2.28. The molecule has 2 aromatic carbocycles. The van der Waals surface area contributed by atoms with Gasteiger partial charge in [0.05, 0.1) is 11.4 Å². The summed E-state index contributed by atoms with van der Waals surface area (Å²) in [6.45, 7) is 4.05. The molecule has 0 fully saturated rings. The molecule has 1 aliphatic rings. The van der Waals surface area contributed by atoms with Crippen molar-refractivity contribution in [2.75, 3.05) is 5.32 Å². The minimum Gasteiger partial charge on any atom is -0.320 e. The highest BCUT2D eigenvalue weighted by Crippen LogP contribution is 2.33. The van der Waals surface area contributed by atoms with Gasteiger partial charge >= 0.3 is 0 Å². The fourth-order valence-electron chi connectivity index (χ4n) is 2.55. The van der Waals surface area contributed by atoms with Crippen molar-refractivity contribution in [3.05, 3.63) is 56.0 Å². The van der Waals surface area contributed by atoms with Crippen molar-refractivity contribution in [2.24, 2.45) is 4.99 Å². The molecule has 0 aromatic heterocycles. The lowest BCUT2D eigenvalue weighted by Gasteiger charge is -2.06. The molecule has 0 aliphatic carbocycles. The second-order valence-electron chi connectivity index (χ2n) is 5.19. The number of rotatable bonds is 2. The number of carbonyl (C=O) groups excluding carboxylic acids is 1. The van der Waals surface area contributed by atoms with Crippen LogP contribution >= 0.6 is 31.9 Å². The first-order valence-electron chi connectivity index (χ1n) is 6.98. The fourth-order valence-corrected chi connectivity index (χ4v) is 3.53. The van der Waals surface area contributed by atoms with Gasteiger partial charge in [0, 0.05) is 14.5 Å². The van der Waals surface area contributed by atoms with Gasteiger partial charge in [0.2, 0.25) is 0 Å². The largest absolute Gasteiger partial charge is 0.320 e. The van der Waals surface area contributed by atoms with E-state index in [1.165, 1.54) is 0 Å². The van der Waals surface area contributed by atoms with E-state index in [0.29, 0.717) is 5.71 Å². The van der Waals surface area contributed by atoms with E-state index in [4.69, 9.17) is 0 Å². The van der Waals surface area contributed by atoms with Gasteiger partial charge in [-0.05, 0) is 54.8 Å². The van der Waals surface area contributed by atoms with E-state index in [1.807, 2.05) is 37.3 Å². The minimum atomic E-state index is -0.148. The van der Waals surface area contributed by atoms with Crippen LogP contribution in [0.15, 0.2) is 44.3 Å². The molecular formula is C17H14Br2N2O. The molecule has 1 aliphatic heterocycles. The Kier molecular flexibility index (Phi) is 4.19. The Bertz CT molecular complexity index is 813. The molecule has 0 radical (unpaired) electrons. The van der Waals surface area contributed by atoms with Crippen LogP contribution in [-0.4, -0.2) is 11.6 Å². The van der Waals surface area contributed by atoms with Gasteiger partial charge in [-0.2, -0.15) is 0 Å². The Morgan fingerprint density at radius 2 is 1.91 bits per heavy atom. The Morgan fingerprint density at radius 3 is 2.59 bits per heavy atom. The average molecular weight is 422 g/mol. The average Bonchev–Trinajstić information content (AvgIpc) is 2.77. The molecule has 3 rings (SSSR count). The second kappa shape index (κ2) is 5.97. The third-order valence-electron chi connectivity index (χ3n) is 3.67. The normalized spacial score (nSPS) is 15.1. The van der Waals surface area contributed by atoms with Gasteiger partial charge in [-0.25, -0.2) is 4.99 Å². The summed E-state index contributed by atoms with van der Waals surface area (Å²) in [4.78, 5) is 16.9. The van der Waals surface area contributed by atoms with Crippen LogP contribution in [0.1, 0.15) is 23.6 Å². The van der Waals surface area contributed by atoms with Gasteiger partial charge in [-0.15, -0.1) is 0 Å². The lowest BCUT2D eigenvalue weighted by Crippen LogP contribution is -2.14. The monoisotopic (exact) mass is 420 g/mol. The number of hydrogen-bond acceptors (Lipinski definition) is 2. The molecule has 1 N–H and O–H groups in total. The van der Waals surface area contributed by atoms with E-state index in [9.17, 15) is 4.79 Å². The zero-order chi connectivity index (χ0) is 15.9. The van der Waals surface area contributed by atoms with E-state index < -0.39 is 0 Å². The Labute approximate surface area is 146 Å². The number of benzene rings is 2. The van der Waals surface area contributed by atoms with Crippen LogP contribution in [0.25, 0.3) is 0 Å². The first-order chi connectivity index (χ1) is 10.5. The van der Waals surface area contributed by atoms with E-state index in [1.54, 1.807) is 0 Å². The highest BCUT2D eigenvalue weighted by atomic mass is 79.9. The maximum atomic E-state index is 12.3. The molecule has 1 amide bonds. The Morgan fingerprint density at radius 1 is 1.14 bits per heavy atom. The smallest absolute Gasteiger partial charge is 0.275 e. The number of nitrogens with one attached hydrogen (secondary N) is 1. The molecule has 0 spiro atoms. The molecule has 2 aromatic rings. The third kappa shape index (κ3) is 2.75. The van der Waals surface area contributed by atoms with Crippen LogP contribution in [0, 0.1) is 6.92 Å². The number of amides is 1. The number of hydrogen-bond donors (Lipinski definition) is 1. The molecular weight excluding hydrogens is 408 g/mol. The predicted molar refractivity (Wildman–Crippen MR) is 97.2 cm³/mol. The van der Waals surface area contributed by atoms with Crippen LogP contribution in [0.2, 0.25) is 0 Å². The van der Waals surface area contributed by atoms with Gasteiger partial charge in [-0.3, -0.25) is 4.79 Å². The first kappa shape index (κ1) is 15.4.